The summed E-state index contributed by atoms with van der Waals surface area (Å²) in [5.41, 5.74) is 1.05. The molecule has 14 heavy (non-hydrogen) atoms. The zero-order valence-electron chi connectivity index (χ0n) is 8.26. The van der Waals surface area contributed by atoms with Crippen molar-refractivity contribution in [1.29, 1.82) is 0 Å². The average molecular weight is 188 g/mol. The molecule has 0 aromatic heterocycles. The van der Waals surface area contributed by atoms with E-state index >= 15 is 0 Å². The van der Waals surface area contributed by atoms with Crippen molar-refractivity contribution in [3.05, 3.63) is 48.0 Å². The number of hydrogen-bond acceptors (Lipinski definition) is 1. The Hall–Kier alpha value is -1.08. The minimum atomic E-state index is -0.291. The van der Waals surface area contributed by atoms with Gasteiger partial charge in [-0.25, -0.2) is 0 Å². The maximum absolute atomic E-state index is 10.1. The van der Waals surface area contributed by atoms with Crippen molar-refractivity contribution in [3.63, 3.8) is 0 Å². The summed E-state index contributed by atoms with van der Waals surface area (Å²) < 4.78 is 0. The van der Waals surface area contributed by atoms with Crippen LogP contribution in [0, 0.1) is 5.92 Å². The van der Waals surface area contributed by atoms with E-state index < -0.39 is 0 Å². The van der Waals surface area contributed by atoms with E-state index in [9.17, 15) is 5.11 Å². The smallest absolute Gasteiger partial charge is 0.0821 e. The molecule has 1 aliphatic carbocycles. The summed E-state index contributed by atoms with van der Waals surface area (Å²) in [5, 5.41) is 10.1. The quantitative estimate of drug-likeness (QED) is 0.707. The van der Waals surface area contributed by atoms with Crippen molar-refractivity contribution < 1.29 is 5.11 Å². The normalized spacial score (nSPS) is 23.4. The van der Waals surface area contributed by atoms with E-state index in [1.165, 1.54) is 0 Å². The number of aliphatic hydroxyl groups excluding tert-OH is 1. The SMILES string of the molecule is O[C@@H](c1ccccc1)[C@H]1CC=CCC1. The molecule has 1 aromatic carbocycles. The van der Waals surface area contributed by atoms with Crippen molar-refractivity contribution in [2.45, 2.75) is 25.4 Å². The molecule has 1 aromatic rings. The molecular weight excluding hydrogens is 172 g/mol. The van der Waals surface area contributed by atoms with Crippen LogP contribution in [-0.2, 0) is 0 Å². The molecule has 0 saturated heterocycles. The Morgan fingerprint density at radius 1 is 1.14 bits per heavy atom. The van der Waals surface area contributed by atoms with E-state index in [0.717, 1.165) is 24.8 Å². The van der Waals surface area contributed by atoms with Gasteiger partial charge in [-0.05, 0) is 30.7 Å². The van der Waals surface area contributed by atoms with Crippen LogP contribution in [0.3, 0.4) is 0 Å². The third kappa shape index (κ3) is 2.05. The Labute approximate surface area is 85.1 Å². The first-order chi connectivity index (χ1) is 6.88. The molecule has 0 fully saturated rings. The molecule has 0 unspecified atom stereocenters. The highest BCUT2D eigenvalue weighted by Crippen LogP contribution is 2.31. The molecular formula is C13H16O. The fourth-order valence-corrected chi connectivity index (χ4v) is 2.03. The first-order valence-corrected chi connectivity index (χ1v) is 5.26. The van der Waals surface area contributed by atoms with Gasteiger partial charge in [0, 0.05) is 0 Å². The van der Waals surface area contributed by atoms with Gasteiger partial charge in [0.05, 0.1) is 6.10 Å². The lowest BCUT2D eigenvalue weighted by Crippen LogP contribution is -2.13. The van der Waals surface area contributed by atoms with E-state index in [-0.39, 0.29) is 6.10 Å². The van der Waals surface area contributed by atoms with Gasteiger partial charge in [0.25, 0.3) is 0 Å². The summed E-state index contributed by atoms with van der Waals surface area (Å²) in [5.74, 6) is 0.405. The van der Waals surface area contributed by atoms with Gasteiger partial charge in [0.15, 0.2) is 0 Å². The summed E-state index contributed by atoms with van der Waals surface area (Å²) in [7, 11) is 0. The highest BCUT2D eigenvalue weighted by molar-refractivity contribution is 5.18. The Bertz CT molecular complexity index is 302. The standard InChI is InChI=1S/C13H16O/c14-13(11-7-3-1-4-8-11)12-9-5-2-6-10-12/h1-5,7-8,12-14H,6,9-10H2/t12-,13-/m0/s1. The largest absolute Gasteiger partial charge is 0.388 e. The topological polar surface area (TPSA) is 20.2 Å². The van der Waals surface area contributed by atoms with Crippen molar-refractivity contribution in [1.82, 2.24) is 0 Å². The Morgan fingerprint density at radius 3 is 2.57 bits per heavy atom. The molecule has 1 heteroatoms. The van der Waals surface area contributed by atoms with E-state index in [0.29, 0.717) is 5.92 Å². The van der Waals surface area contributed by atoms with Crippen LogP contribution < -0.4 is 0 Å². The molecule has 1 N–H and O–H groups in total. The predicted molar refractivity (Wildman–Crippen MR) is 57.9 cm³/mol. The zero-order chi connectivity index (χ0) is 9.80. The Morgan fingerprint density at radius 2 is 1.93 bits per heavy atom. The number of aliphatic hydroxyl groups is 1. The van der Waals surface area contributed by atoms with Crippen molar-refractivity contribution >= 4 is 0 Å². The maximum atomic E-state index is 10.1. The van der Waals surface area contributed by atoms with Gasteiger partial charge in [0.1, 0.15) is 0 Å². The number of benzene rings is 1. The molecule has 0 aliphatic heterocycles. The Balaban J connectivity index is 2.08. The number of allylic oxidation sites excluding steroid dienone is 2. The lowest BCUT2D eigenvalue weighted by molar-refractivity contribution is 0.102. The third-order valence-corrected chi connectivity index (χ3v) is 2.90. The van der Waals surface area contributed by atoms with E-state index in [2.05, 4.69) is 12.2 Å². The summed E-state index contributed by atoms with van der Waals surface area (Å²) in [4.78, 5) is 0. The first-order valence-electron chi connectivity index (χ1n) is 5.26. The van der Waals surface area contributed by atoms with E-state index in [1.807, 2.05) is 30.3 Å². The third-order valence-electron chi connectivity index (χ3n) is 2.90. The second-order valence-corrected chi connectivity index (χ2v) is 3.90. The van der Waals surface area contributed by atoms with Gasteiger partial charge < -0.3 is 5.11 Å². The lowest BCUT2D eigenvalue weighted by Gasteiger charge is -2.23. The van der Waals surface area contributed by atoms with Gasteiger partial charge in [-0.2, -0.15) is 0 Å². The zero-order valence-corrected chi connectivity index (χ0v) is 8.26. The molecule has 74 valence electrons. The number of hydrogen-bond donors (Lipinski definition) is 1. The van der Waals surface area contributed by atoms with Crippen molar-refractivity contribution in [3.8, 4) is 0 Å². The molecule has 1 aliphatic rings. The van der Waals surface area contributed by atoms with E-state index in [4.69, 9.17) is 0 Å². The van der Waals surface area contributed by atoms with Gasteiger partial charge in [-0.1, -0.05) is 42.5 Å². The second kappa shape index (κ2) is 4.43. The first kappa shape index (κ1) is 9.47. The van der Waals surface area contributed by atoms with Crippen LogP contribution >= 0.6 is 0 Å². The maximum Gasteiger partial charge on any atom is 0.0821 e. The van der Waals surface area contributed by atoms with Crippen LogP contribution in [0.1, 0.15) is 30.9 Å². The highest BCUT2D eigenvalue weighted by Gasteiger charge is 2.20. The number of rotatable bonds is 2. The molecule has 0 saturated carbocycles. The van der Waals surface area contributed by atoms with Crippen LogP contribution in [0.15, 0.2) is 42.5 Å². The molecule has 0 bridgehead atoms. The fourth-order valence-electron chi connectivity index (χ4n) is 2.03. The van der Waals surface area contributed by atoms with Crippen LogP contribution in [0.2, 0.25) is 0 Å². The van der Waals surface area contributed by atoms with Crippen molar-refractivity contribution in [2.24, 2.45) is 5.92 Å². The van der Waals surface area contributed by atoms with Crippen LogP contribution in [0.5, 0.6) is 0 Å². The minimum absolute atomic E-state index is 0.291. The van der Waals surface area contributed by atoms with Gasteiger partial charge in [-0.3, -0.25) is 0 Å². The van der Waals surface area contributed by atoms with Gasteiger partial charge in [-0.15, -0.1) is 0 Å². The predicted octanol–water partition coefficient (Wildman–Crippen LogP) is 3.08. The summed E-state index contributed by atoms with van der Waals surface area (Å²) in [6.45, 7) is 0. The molecule has 0 radical (unpaired) electrons. The van der Waals surface area contributed by atoms with Crippen molar-refractivity contribution in [2.75, 3.05) is 0 Å². The monoisotopic (exact) mass is 188 g/mol. The summed E-state index contributed by atoms with van der Waals surface area (Å²) in [6, 6.07) is 9.96. The second-order valence-electron chi connectivity index (χ2n) is 3.90. The molecule has 2 rings (SSSR count). The fraction of sp³-hybridized carbons (Fsp3) is 0.385. The summed E-state index contributed by atoms with van der Waals surface area (Å²) >= 11 is 0. The van der Waals surface area contributed by atoms with Crippen LogP contribution in [0.25, 0.3) is 0 Å². The van der Waals surface area contributed by atoms with Gasteiger partial charge in [0.2, 0.25) is 0 Å². The van der Waals surface area contributed by atoms with Crippen LogP contribution in [-0.4, -0.2) is 5.11 Å². The Kier molecular flexibility index (Phi) is 3.00. The summed E-state index contributed by atoms with van der Waals surface area (Å²) in [6.07, 6.45) is 7.31. The van der Waals surface area contributed by atoms with Gasteiger partial charge >= 0.3 is 0 Å². The lowest BCUT2D eigenvalue weighted by atomic mass is 9.86. The average Bonchev–Trinajstić information content (AvgIpc) is 2.30. The molecule has 0 spiro atoms. The molecule has 1 nitrogen and oxygen atoms in total. The molecule has 2 atom stereocenters. The minimum Gasteiger partial charge on any atom is -0.388 e. The highest BCUT2D eigenvalue weighted by atomic mass is 16.3. The molecule has 0 amide bonds. The van der Waals surface area contributed by atoms with Crippen LogP contribution in [0.4, 0.5) is 0 Å². The molecule has 0 heterocycles. The van der Waals surface area contributed by atoms with E-state index in [1.54, 1.807) is 0 Å².